The number of amides is 1. The molecule has 0 radical (unpaired) electrons. The molecule has 0 saturated carbocycles. The number of benzene rings is 1. The molecule has 0 unspecified atom stereocenters. The Morgan fingerprint density at radius 1 is 0.938 bits per heavy atom. The minimum absolute atomic E-state index is 0.0473. The number of aryl methyl sites for hydroxylation is 2. The van der Waals surface area contributed by atoms with Crippen LogP contribution < -0.4 is 5.32 Å². The molecule has 6 heteroatoms. The lowest BCUT2D eigenvalue weighted by Crippen LogP contribution is -2.28. The molecule has 32 heavy (non-hydrogen) atoms. The van der Waals surface area contributed by atoms with E-state index in [1.807, 2.05) is 39.0 Å². The predicted octanol–water partition coefficient (Wildman–Crippen LogP) is 4.44. The lowest BCUT2D eigenvalue weighted by atomic mass is 9.76. The number of carbonyl (C=O) groups is 2. The first-order valence-electron chi connectivity index (χ1n) is 10.4. The van der Waals surface area contributed by atoms with E-state index < -0.39 is 5.41 Å². The maximum absolute atomic E-state index is 12.5. The molecular weight excluding hydrogens is 400 g/mol. The molecule has 1 amide bonds. The Kier molecular flexibility index (Phi) is 6.35. The largest absolute Gasteiger partial charge is 0.355 e. The van der Waals surface area contributed by atoms with Crippen molar-refractivity contribution in [2.24, 2.45) is 0 Å². The Morgan fingerprint density at radius 2 is 1.59 bits per heavy atom. The van der Waals surface area contributed by atoms with Crippen molar-refractivity contribution in [1.82, 2.24) is 20.3 Å². The average Bonchev–Trinajstić information content (AvgIpc) is 2.78. The number of ketones is 1. The summed E-state index contributed by atoms with van der Waals surface area (Å²) in [7, 11) is 1.59. The Hall–Kier alpha value is -3.67. The molecule has 1 N–H and O–H groups in total. The van der Waals surface area contributed by atoms with Crippen LogP contribution in [0.1, 0.15) is 59.3 Å². The number of nitrogens with one attached hydrogen (secondary N) is 1. The van der Waals surface area contributed by atoms with Crippen molar-refractivity contribution >= 4 is 17.3 Å². The van der Waals surface area contributed by atoms with Crippen molar-refractivity contribution in [3.63, 3.8) is 0 Å². The standard InChI is InChI=1S/C26H28N4O2/c1-15(20-11-23(25(32)27-7)16(2)28-12-20)22-10-19(21-13-29-18(4)30-14-21)8-9-24(22)26(5,6)17(3)31/h8-14H,1H2,2-7H3,(H,27,32). The second kappa shape index (κ2) is 8.83. The van der Waals surface area contributed by atoms with Crippen LogP contribution in [0, 0.1) is 13.8 Å². The summed E-state index contributed by atoms with van der Waals surface area (Å²) in [5.74, 6) is 0.533. The normalized spacial score (nSPS) is 11.2. The van der Waals surface area contributed by atoms with E-state index in [2.05, 4.69) is 26.8 Å². The van der Waals surface area contributed by atoms with Gasteiger partial charge in [-0.15, -0.1) is 0 Å². The summed E-state index contributed by atoms with van der Waals surface area (Å²) in [5, 5.41) is 2.65. The number of carbonyl (C=O) groups excluding carboxylic acids is 2. The molecule has 164 valence electrons. The lowest BCUT2D eigenvalue weighted by molar-refractivity contribution is -0.121. The van der Waals surface area contributed by atoms with Crippen molar-refractivity contribution in [3.05, 3.63) is 83.2 Å². The van der Waals surface area contributed by atoms with E-state index in [0.29, 0.717) is 28.2 Å². The maximum Gasteiger partial charge on any atom is 0.252 e. The van der Waals surface area contributed by atoms with Crippen LogP contribution in [0.15, 0.2) is 49.4 Å². The molecule has 0 aliphatic heterocycles. The third-order valence-corrected chi connectivity index (χ3v) is 5.92. The highest BCUT2D eigenvalue weighted by atomic mass is 16.1. The van der Waals surface area contributed by atoms with Crippen LogP contribution in [0.25, 0.3) is 16.7 Å². The number of hydrogen-bond acceptors (Lipinski definition) is 5. The fourth-order valence-corrected chi connectivity index (χ4v) is 3.47. The van der Waals surface area contributed by atoms with E-state index in [4.69, 9.17) is 0 Å². The van der Waals surface area contributed by atoms with Gasteiger partial charge in [-0.05, 0) is 69.0 Å². The van der Waals surface area contributed by atoms with Gasteiger partial charge in [-0.25, -0.2) is 9.97 Å². The van der Waals surface area contributed by atoms with Gasteiger partial charge in [0.15, 0.2) is 0 Å². The number of nitrogens with zero attached hydrogens (tertiary/aromatic N) is 3. The van der Waals surface area contributed by atoms with Gasteiger partial charge < -0.3 is 5.32 Å². The highest BCUT2D eigenvalue weighted by molar-refractivity contribution is 5.97. The Bertz CT molecular complexity index is 1210. The van der Waals surface area contributed by atoms with Crippen LogP contribution in [0.4, 0.5) is 0 Å². The number of Topliss-reactive ketones (excluding diaryl/α,β-unsaturated/α-hetero) is 1. The van der Waals surface area contributed by atoms with Crippen molar-refractivity contribution in [2.75, 3.05) is 7.05 Å². The Balaban J connectivity index is 2.21. The Labute approximate surface area is 188 Å². The van der Waals surface area contributed by atoms with Crippen molar-refractivity contribution < 1.29 is 9.59 Å². The molecule has 6 nitrogen and oxygen atoms in total. The molecule has 2 aromatic heterocycles. The van der Waals surface area contributed by atoms with E-state index in [9.17, 15) is 9.59 Å². The van der Waals surface area contributed by atoms with E-state index in [1.54, 1.807) is 45.6 Å². The van der Waals surface area contributed by atoms with E-state index in [1.165, 1.54) is 0 Å². The molecule has 3 rings (SSSR count). The fraction of sp³-hybridized carbons (Fsp3) is 0.269. The van der Waals surface area contributed by atoms with Crippen molar-refractivity contribution in [1.29, 1.82) is 0 Å². The minimum atomic E-state index is -0.720. The predicted molar refractivity (Wildman–Crippen MR) is 126 cm³/mol. The maximum atomic E-state index is 12.5. The molecular formula is C26H28N4O2. The van der Waals surface area contributed by atoms with Crippen LogP contribution in [-0.4, -0.2) is 33.7 Å². The van der Waals surface area contributed by atoms with Gasteiger partial charge in [0.1, 0.15) is 11.6 Å². The summed E-state index contributed by atoms with van der Waals surface area (Å²) >= 11 is 0. The van der Waals surface area contributed by atoms with Gasteiger partial charge in [0.25, 0.3) is 5.91 Å². The SMILES string of the molecule is C=C(c1cnc(C)c(C(=O)NC)c1)c1cc(-c2cnc(C)nc2)ccc1C(C)(C)C(C)=O. The van der Waals surface area contributed by atoms with Crippen molar-refractivity contribution in [3.8, 4) is 11.1 Å². The summed E-state index contributed by atoms with van der Waals surface area (Å²) in [6, 6.07) is 7.71. The van der Waals surface area contributed by atoms with Gasteiger partial charge in [0.05, 0.1) is 11.3 Å². The molecule has 0 bridgehead atoms. The zero-order valence-corrected chi connectivity index (χ0v) is 19.4. The molecule has 3 aromatic rings. The zero-order valence-electron chi connectivity index (χ0n) is 19.4. The molecule has 0 aliphatic carbocycles. The first kappa shape index (κ1) is 23.0. The molecule has 0 aliphatic rings. The number of rotatable bonds is 6. The zero-order chi connectivity index (χ0) is 23.6. The van der Waals surface area contributed by atoms with E-state index in [0.717, 1.165) is 22.3 Å². The highest BCUT2D eigenvalue weighted by Gasteiger charge is 2.30. The van der Waals surface area contributed by atoms with Gasteiger partial charge in [-0.2, -0.15) is 0 Å². The third kappa shape index (κ3) is 4.35. The van der Waals surface area contributed by atoms with Gasteiger partial charge in [0.2, 0.25) is 0 Å². The van der Waals surface area contributed by atoms with Crippen LogP contribution in [-0.2, 0) is 10.2 Å². The summed E-state index contributed by atoms with van der Waals surface area (Å²) in [5.41, 5.74) is 5.25. The molecule has 0 fully saturated rings. The number of aromatic nitrogens is 3. The first-order chi connectivity index (χ1) is 15.1. The fourth-order valence-electron chi connectivity index (χ4n) is 3.47. The second-order valence-corrected chi connectivity index (χ2v) is 8.38. The summed E-state index contributed by atoms with van der Waals surface area (Å²) in [4.78, 5) is 37.8. The van der Waals surface area contributed by atoms with E-state index >= 15 is 0 Å². The third-order valence-electron chi connectivity index (χ3n) is 5.92. The number of pyridine rings is 1. The molecule has 2 heterocycles. The quantitative estimate of drug-likeness (QED) is 0.627. The molecule has 1 aromatic carbocycles. The number of hydrogen-bond donors (Lipinski definition) is 1. The van der Waals surface area contributed by atoms with Gasteiger partial charge >= 0.3 is 0 Å². The summed E-state index contributed by atoms with van der Waals surface area (Å²) in [6.07, 6.45) is 5.25. The first-order valence-corrected chi connectivity index (χ1v) is 10.4. The highest BCUT2D eigenvalue weighted by Crippen LogP contribution is 2.36. The monoisotopic (exact) mass is 428 g/mol. The minimum Gasteiger partial charge on any atom is -0.355 e. The topological polar surface area (TPSA) is 84.8 Å². The summed E-state index contributed by atoms with van der Waals surface area (Å²) in [6.45, 7) is 13.3. The van der Waals surface area contributed by atoms with Crippen molar-refractivity contribution in [2.45, 2.75) is 40.0 Å². The van der Waals surface area contributed by atoms with Gasteiger partial charge in [-0.1, -0.05) is 18.7 Å². The molecule has 0 spiro atoms. The Morgan fingerprint density at radius 3 is 2.19 bits per heavy atom. The van der Waals surface area contributed by atoms with Gasteiger partial charge in [0, 0.05) is 42.2 Å². The molecule has 0 saturated heterocycles. The second-order valence-electron chi connectivity index (χ2n) is 8.38. The van der Waals surface area contributed by atoms with E-state index in [-0.39, 0.29) is 11.7 Å². The average molecular weight is 429 g/mol. The van der Waals surface area contributed by atoms with Gasteiger partial charge in [-0.3, -0.25) is 14.6 Å². The smallest absolute Gasteiger partial charge is 0.252 e. The van der Waals surface area contributed by atoms with Crippen LogP contribution in [0.5, 0.6) is 0 Å². The van der Waals surface area contributed by atoms with Crippen LogP contribution in [0.2, 0.25) is 0 Å². The molecule has 0 atom stereocenters. The van der Waals surface area contributed by atoms with Crippen LogP contribution in [0.3, 0.4) is 0 Å². The van der Waals surface area contributed by atoms with Crippen LogP contribution >= 0.6 is 0 Å². The lowest BCUT2D eigenvalue weighted by Gasteiger charge is -2.26. The summed E-state index contributed by atoms with van der Waals surface area (Å²) < 4.78 is 0.